The van der Waals surface area contributed by atoms with Gasteiger partial charge in [-0.1, -0.05) is 25.8 Å². The predicted molar refractivity (Wildman–Crippen MR) is 86.2 cm³/mol. The smallest absolute Gasteiger partial charge is 0.258 e. The molecule has 0 aliphatic heterocycles. The number of Topliss-reactive ketones (excluding diaryl/α,β-unsaturated/α-hetero) is 1. The fourth-order valence-corrected chi connectivity index (χ4v) is 2.96. The maximum absolute atomic E-state index is 12.1. The van der Waals surface area contributed by atoms with Crippen molar-refractivity contribution in [3.63, 3.8) is 0 Å². The van der Waals surface area contributed by atoms with Crippen LogP contribution in [-0.2, 0) is 4.79 Å². The van der Waals surface area contributed by atoms with E-state index in [0.29, 0.717) is 17.2 Å². The second-order valence-corrected chi connectivity index (χ2v) is 6.28. The van der Waals surface area contributed by atoms with Crippen LogP contribution < -0.4 is 10.1 Å². The highest BCUT2D eigenvalue weighted by molar-refractivity contribution is 5.97. The molecule has 4 heteroatoms. The predicted octanol–water partition coefficient (Wildman–Crippen LogP) is 3.27. The Balaban J connectivity index is 1.93. The number of amides is 1. The summed E-state index contributed by atoms with van der Waals surface area (Å²) in [6, 6.07) is 5.66. The topological polar surface area (TPSA) is 55.4 Å². The first kappa shape index (κ1) is 16.5. The minimum atomic E-state index is -0.116. The van der Waals surface area contributed by atoms with Gasteiger partial charge in [-0.05, 0) is 50.3 Å². The van der Waals surface area contributed by atoms with Crippen LogP contribution in [0.15, 0.2) is 18.2 Å². The third kappa shape index (κ3) is 4.33. The zero-order chi connectivity index (χ0) is 16.1. The Morgan fingerprint density at radius 2 is 2.00 bits per heavy atom. The summed E-state index contributed by atoms with van der Waals surface area (Å²) in [6.45, 7) is 5.56. The molecular weight excluding hydrogens is 278 g/mol. The fraction of sp³-hybridized carbons (Fsp3) is 0.556. The van der Waals surface area contributed by atoms with Crippen molar-refractivity contribution in [1.82, 2.24) is 5.32 Å². The zero-order valence-corrected chi connectivity index (χ0v) is 13.6. The third-order valence-corrected chi connectivity index (χ3v) is 4.33. The van der Waals surface area contributed by atoms with Gasteiger partial charge in [0.05, 0.1) is 5.56 Å². The van der Waals surface area contributed by atoms with E-state index in [0.717, 1.165) is 18.4 Å². The Kier molecular flexibility index (Phi) is 5.58. The highest BCUT2D eigenvalue weighted by Crippen LogP contribution is 2.24. The molecule has 0 spiro atoms. The molecule has 120 valence electrons. The van der Waals surface area contributed by atoms with Crippen molar-refractivity contribution in [2.24, 2.45) is 5.92 Å². The number of nitrogens with one attached hydrogen (secondary N) is 1. The Bertz CT molecular complexity index is 553. The molecule has 2 rings (SSSR count). The van der Waals surface area contributed by atoms with E-state index in [1.807, 2.05) is 13.0 Å². The van der Waals surface area contributed by atoms with E-state index in [4.69, 9.17) is 4.74 Å². The molecule has 1 aromatic rings. The van der Waals surface area contributed by atoms with E-state index in [9.17, 15) is 9.59 Å². The number of carbonyl (C=O) groups is 2. The molecule has 0 bridgehead atoms. The van der Waals surface area contributed by atoms with E-state index >= 15 is 0 Å². The molecule has 1 saturated carbocycles. The van der Waals surface area contributed by atoms with Gasteiger partial charge in [0, 0.05) is 6.04 Å². The summed E-state index contributed by atoms with van der Waals surface area (Å²) in [5, 5.41) is 3.05. The lowest BCUT2D eigenvalue weighted by molar-refractivity contribution is -0.124. The fourth-order valence-electron chi connectivity index (χ4n) is 2.96. The Morgan fingerprint density at radius 1 is 1.27 bits per heavy atom. The molecule has 4 nitrogen and oxygen atoms in total. The van der Waals surface area contributed by atoms with Gasteiger partial charge in [-0.2, -0.15) is 0 Å². The summed E-state index contributed by atoms with van der Waals surface area (Å²) >= 11 is 0. The van der Waals surface area contributed by atoms with Crippen LogP contribution in [0.2, 0.25) is 0 Å². The number of rotatable bonds is 5. The molecule has 1 aliphatic rings. The lowest BCUT2D eigenvalue weighted by Crippen LogP contribution is -2.43. The van der Waals surface area contributed by atoms with Gasteiger partial charge in [-0.15, -0.1) is 0 Å². The zero-order valence-electron chi connectivity index (χ0n) is 13.6. The summed E-state index contributed by atoms with van der Waals surface area (Å²) in [5.41, 5.74) is 1.52. The largest absolute Gasteiger partial charge is 0.483 e. The van der Waals surface area contributed by atoms with Gasteiger partial charge in [0.1, 0.15) is 5.75 Å². The highest BCUT2D eigenvalue weighted by atomic mass is 16.5. The van der Waals surface area contributed by atoms with Crippen molar-refractivity contribution in [3.05, 3.63) is 29.3 Å². The van der Waals surface area contributed by atoms with Gasteiger partial charge in [-0.3, -0.25) is 9.59 Å². The molecule has 0 unspecified atom stereocenters. The third-order valence-electron chi connectivity index (χ3n) is 4.33. The van der Waals surface area contributed by atoms with Crippen molar-refractivity contribution in [1.29, 1.82) is 0 Å². The lowest BCUT2D eigenvalue weighted by Gasteiger charge is -2.29. The molecule has 1 N–H and O–H groups in total. The first-order valence-electron chi connectivity index (χ1n) is 8.01. The van der Waals surface area contributed by atoms with Crippen LogP contribution >= 0.6 is 0 Å². The SMILES string of the molecule is CC(=O)c1ccc(C)cc1OCC(=O)N[C@@H]1CCCC[C@@H]1C. The lowest BCUT2D eigenvalue weighted by atomic mass is 9.86. The van der Waals surface area contributed by atoms with Crippen LogP contribution in [0.3, 0.4) is 0 Å². The quantitative estimate of drug-likeness (QED) is 0.849. The maximum atomic E-state index is 12.1. The molecular formula is C18H25NO3. The van der Waals surface area contributed by atoms with Gasteiger partial charge in [0.15, 0.2) is 12.4 Å². The summed E-state index contributed by atoms with van der Waals surface area (Å²) in [4.78, 5) is 23.7. The second kappa shape index (κ2) is 7.43. The van der Waals surface area contributed by atoms with Crippen LogP contribution in [0.1, 0.15) is 55.5 Å². The van der Waals surface area contributed by atoms with Gasteiger partial charge >= 0.3 is 0 Å². The molecule has 1 aliphatic carbocycles. The molecule has 1 amide bonds. The average Bonchev–Trinajstić information content (AvgIpc) is 2.47. The molecule has 1 aromatic carbocycles. The van der Waals surface area contributed by atoms with E-state index in [1.54, 1.807) is 12.1 Å². The first-order chi connectivity index (χ1) is 10.5. The van der Waals surface area contributed by atoms with Crippen molar-refractivity contribution >= 4 is 11.7 Å². The number of ether oxygens (including phenoxy) is 1. The van der Waals surface area contributed by atoms with Gasteiger partial charge in [0.25, 0.3) is 5.91 Å². The summed E-state index contributed by atoms with van der Waals surface area (Å²) < 4.78 is 5.58. The van der Waals surface area contributed by atoms with Crippen LogP contribution in [-0.4, -0.2) is 24.3 Å². The van der Waals surface area contributed by atoms with E-state index in [2.05, 4.69) is 12.2 Å². The van der Waals surface area contributed by atoms with Crippen LogP contribution in [0.25, 0.3) is 0 Å². The molecule has 22 heavy (non-hydrogen) atoms. The number of benzene rings is 1. The highest BCUT2D eigenvalue weighted by Gasteiger charge is 2.23. The minimum absolute atomic E-state index is 0.0487. The second-order valence-electron chi connectivity index (χ2n) is 6.28. The molecule has 0 heterocycles. The summed E-state index contributed by atoms with van der Waals surface area (Å²) in [7, 11) is 0. The summed E-state index contributed by atoms with van der Waals surface area (Å²) in [6.07, 6.45) is 4.62. The number of hydrogen-bond donors (Lipinski definition) is 1. The Hall–Kier alpha value is -1.84. The number of aryl methyl sites for hydroxylation is 1. The van der Waals surface area contributed by atoms with Crippen molar-refractivity contribution in [2.45, 2.75) is 52.5 Å². The Morgan fingerprint density at radius 3 is 2.68 bits per heavy atom. The standard InChI is InChI=1S/C18H25NO3/c1-12-8-9-15(14(3)20)17(10-12)22-11-18(21)19-16-7-5-4-6-13(16)2/h8-10,13,16H,4-7,11H2,1-3H3,(H,19,21)/t13-,16+/m0/s1. The van der Waals surface area contributed by atoms with Crippen molar-refractivity contribution in [2.75, 3.05) is 6.61 Å². The monoisotopic (exact) mass is 303 g/mol. The van der Waals surface area contributed by atoms with Crippen molar-refractivity contribution < 1.29 is 14.3 Å². The minimum Gasteiger partial charge on any atom is -0.483 e. The average molecular weight is 303 g/mol. The van der Waals surface area contributed by atoms with Crippen LogP contribution in [0, 0.1) is 12.8 Å². The molecule has 0 aromatic heterocycles. The van der Waals surface area contributed by atoms with Crippen molar-refractivity contribution in [3.8, 4) is 5.75 Å². The van der Waals surface area contributed by atoms with Crippen LogP contribution in [0.5, 0.6) is 5.75 Å². The number of carbonyl (C=O) groups excluding carboxylic acids is 2. The molecule has 0 radical (unpaired) electrons. The molecule has 1 fully saturated rings. The maximum Gasteiger partial charge on any atom is 0.258 e. The molecule has 2 atom stereocenters. The summed E-state index contributed by atoms with van der Waals surface area (Å²) in [5.74, 6) is 0.829. The number of hydrogen-bond acceptors (Lipinski definition) is 3. The van der Waals surface area contributed by atoms with E-state index < -0.39 is 0 Å². The normalized spacial score (nSPS) is 21.2. The van der Waals surface area contributed by atoms with E-state index in [1.165, 1.54) is 19.8 Å². The molecule has 0 saturated heterocycles. The van der Waals surface area contributed by atoms with Gasteiger partial charge < -0.3 is 10.1 Å². The van der Waals surface area contributed by atoms with Crippen LogP contribution in [0.4, 0.5) is 0 Å². The van der Waals surface area contributed by atoms with Gasteiger partial charge in [-0.25, -0.2) is 0 Å². The van der Waals surface area contributed by atoms with E-state index in [-0.39, 0.29) is 24.3 Å². The number of ketones is 1. The van der Waals surface area contributed by atoms with Gasteiger partial charge in [0.2, 0.25) is 0 Å². The first-order valence-corrected chi connectivity index (χ1v) is 8.01. The Labute approximate surface area is 132 Å².